The van der Waals surface area contributed by atoms with Gasteiger partial charge in [-0.2, -0.15) is 0 Å². The first-order chi connectivity index (χ1) is 18.4. The maximum absolute atomic E-state index is 14.9. The zero-order valence-electron chi connectivity index (χ0n) is 20.1. The molecule has 1 heterocycles. The van der Waals surface area contributed by atoms with Gasteiger partial charge in [0.25, 0.3) is 0 Å². The van der Waals surface area contributed by atoms with E-state index >= 15 is 0 Å². The molecular formula is C28H23FN4O4S. The molecule has 8 nitrogen and oxygen atoms in total. The minimum atomic E-state index is -1.16. The van der Waals surface area contributed by atoms with Gasteiger partial charge in [0.05, 0.1) is 10.2 Å². The second-order valence-electron chi connectivity index (χ2n) is 9.52. The molecule has 0 atom stereocenters. The molecule has 38 heavy (non-hydrogen) atoms. The highest BCUT2D eigenvalue weighted by molar-refractivity contribution is 7.22. The van der Waals surface area contributed by atoms with Crippen LogP contribution in [0.1, 0.15) is 25.7 Å². The van der Waals surface area contributed by atoms with Crippen LogP contribution in [-0.2, 0) is 14.4 Å². The molecule has 1 aromatic heterocycles. The summed E-state index contributed by atoms with van der Waals surface area (Å²) in [5.74, 6) is -1.06. The molecule has 0 bridgehead atoms. The number of rotatable bonds is 8. The molecule has 192 valence electrons. The molecule has 0 aliphatic heterocycles. The van der Waals surface area contributed by atoms with Gasteiger partial charge in [0.1, 0.15) is 11.2 Å². The average molecular weight is 531 g/mol. The van der Waals surface area contributed by atoms with Gasteiger partial charge in [-0.25, -0.2) is 9.37 Å². The van der Waals surface area contributed by atoms with E-state index in [2.05, 4.69) is 20.9 Å². The number of benzene rings is 3. The summed E-state index contributed by atoms with van der Waals surface area (Å²) in [6.07, 6.45) is 2.67. The highest BCUT2D eigenvalue weighted by Crippen LogP contribution is 2.47. The van der Waals surface area contributed by atoms with Crippen LogP contribution in [0.25, 0.3) is 10.2 Å². The molecule has 2 aliphatic rings. The van der Waals surface area contributed by atoms with E-state index in [1.165, 1.54) is 23.5 Å². The molecular weight excluding hydrogens is 507 g/mol. The molecule has 0 unspecified atom stereocenters. The quantitative estimate of drug-likeness (QED) is 0.245. The molecule has 4 aromatic rings. The topological polar surface area (TPSA) is 109 Å². The van der Waals surface area contributed by atoms with E-state index < -0.39 is 17.1 Å². The monoisotopic (exact) mass is 530 g/mol. The molecule has 3 amide bonds. The fourth-order valence-electron chi connectivity index (χ4n) is 4.07. The number of carbonyl (C=O) groups excluding carboxylic acids is 3. The Hall–Kier alpha value is -4.31. The molecule has 3 N–H and O–H groups in total. The normalized spacial score (nSPS) is 15.5. The second-order valence-corrected chi connectivity index (χ2v) is 10.5. The first kappa shape index (κ1) is 24.1. The number of carbonyl (C=O) groups is 3. The van der Waals surface area contributed by atoms with Gasteiger partial charge in [-0.15, -0.1) is 0 Å². The Labute approximate surface area is 221 Å². The molecule has 2 aliphatic carbocycles. The average Bonchev–Trinajstić information content (AvgIpc) is 3.82. The number of amides is 3. The van der Waals surface area contributed by atoms with Gasteiger partial charge in [-0.05, 0) is 62.1 Å². The fourth-order valence-corrected chi connectivity index (χ4v) is 4.97. The predicted molar refractivity (Wildman–Crippen MR) is 143 cm³/mol. The lowest BCUT2D eigenvalue weighted by Crippen LogP contribution is -2.35. The van der Waals surface area contributed by atoms with Crippen LogP contribution in [0.15, 0.2) is 66.7 Å². The van der Waals surface area contributed by atoms with E-state index in [-0.39, 0.29) is 29.2 Å². The Morgan fingerprint density at radius 3 is 2.32 bits per heavy atom. The summed E-state index contributed by atoms with van der Waals surface area (Å²) in [6.45, 7) is 0. The Bertz CT molecular complexity index is 1560. The Morgan fingerprint density at radius 2 is 1.63 bits per heavy atom. The molecule has 3 aromatic carbocycles. The van der Waals surface area contributed by atoms with E-state index in [0.29, 0.717) is 34.9 Å². The summed E-state index contributed by atoms with van der Waals surface area (Å²) >= 11 is 1.32. The van der Waals surface area contributed by atoms with Crippen molar-refractivity contribution in [3.8, 4) is 11.5 Å². The molecule has 2 fully saturated rings. The maximum atomic E-state index is 14.9. The molecule has 0 spiro atoms. The van der Waals surface area contributed by atoms with Crippen molar-refractivity contribution < 1.29 is 23.5 Å². The fraction of sp³-hybridized carbons (Fsp3) is 0.214. The summed E-state index contributed by atoms with van der Waals surface area (Å²) in [5.41, 5.74) is 0.382. The number of nitrogens with zero attached hydrogens (tertiary/aromatic N) is 1. The van der Waals surface area contributed by atoms with Gasteiger partial charge in [0.15, 0.2) is 16.7 Å². The van der Waals surface area contributed by atoms with Crippen LogP contribution in [0, 0.1) is 17.2 Å². The van der Waals surface area contributed by atoms with E-state index in [1.54, 1.807) is 42.5 Å². The number of thiazole rings is 1. The highest BCUT2D eigenvalue weighted by Gasteiger charge is 2.56. The van der Waals surface area contributed by atoms with Crippen molar-refractivity contribution in [1.29, 1.82) is 0 Å². The van der Waals surface area contributed by atoms with Crippen molar-refractivity contribution in [2.75, 3.05) is 16.0 Å². The van der Waals surface area contributed by atoms with Crippen LogP contribution < -0.4 is 20.7 Å². The maximum Gasteiger partial charge on any atom is 0.240 e. The standard InChI is InChI=1S/C28H23FN4O4S/c29-20-14-18(31-26(36)28(12-13-28)25(35)30-17-4-2-1-3-5-17)8-11-22(20)37-19-9-10-21-23(15-19)38-27(32-21)33-24(34)16-6-7-16/h1-5,8-11,14-16H,6-7,12-13H2,(H,30,35)(H,31,36)(H,32,33,34). The third-order valence-corrected chi connectivity index (χ3v) is 7.54. The number of aromatic nitrogens is 1. The van der Waals surface area contributed by atoms with E-state index in [9.17, 15) is 18.8 Å². The van der Waals surface area contributed by atoms with Crippen molar-refractivity contribution in [2.45, 2.75) is 25.7 Å². The molecule has 0 radical (unpaired) electrons. The minimum Gasteiger partial charge on any atom is -0.454 e. The smallest absolute Gasteiger partial charge is 0.240 e. The van der Waals surface area contributed by atoms with E-state index in [0.717, 1.165) is 23.6 Å². The summed E-state index contributed by atoms with van der Waals surface area (Å²) < 4.78 is 21.4. The van der Waals surface area contributed by atoms with Gasteiger partial charge in [-0.1, -0.05) is 29.5 Å². The molecule has 10 heteroatoms. The number of para-hydroxylation sites is 1. The predicted octanol–water partition coefficient (Wildman–Crippen LogP) is 5.93. The Morgan fingerprint density at radius 1 is 0.895 bits per heavy atom. The van der Waals surface area contributed by atoms with Crippen molar-refractivity contribution in [2.24, 2.45) is 11.3 Å². The van der Waals surface area contributed by atoms with Crippen LogP contribution in [-0.4, -0.2) is 22.7 Å². The highest BCUT2D eigenvalue weighted by atomic mass is 32.1. The minimum absolute atomic E-state index is 0.0146. The number of hydrogen-bond donors (Lipinski definition) is 3. The van der Waals surface area contributed by atoms with Crippen molar-refractivity contribution >= 4 is 55.8 Å². The molecule has 2 saturated carbocycles. The summed E-state index contributed by atoms with van der Waals surface area (Å²) in [6, 6.07) is 18.2. The van der Waals surface area contributed by atoms with Gasteiger partial charge in [0.2, 0.25) is 17.7 Å². The lowest BCUT2D eigenvalue weighted by atomic mass is 10.0. The van der Waals surface area contributed by atoms with Gasteiger partial charge in [-0.3, -0.25) is 14.4 Å². The van der Waals surface area contributed by atoms with Crippen LogP contribution >= 0.6 is 11.3 Å². The lowest BCUT2D eigenvalue weighted by Gasteiger charge is -2.16. The Balaban J connectivity index is 1.11. The SMILES string of the molecule is O=C(Nc1nc2ccc(Oc3ccc(NC(=O)C4(C(=O)Nc5ccccc5)CC4)cc3F)cc2s1)C1CC1. The van der Waals surface area contributed by atoms with Gasteiger partial charge in [0, 0.05) is 29.4 Å². The Kier molecular flexibility index (Phi) is 6.03. The van der Waals surface area contributed by atoms with E-state index in [4.69, 9.17) is 4.74 Å². The number of ether oxygens (including phenoxy) is 1. The zero-order valence-corrected chi connectivity index (χ0v) is 20.9. The van der Waals surface area contributed by atoms with Crippen LogP contribution in [0.2, 0.25) is 0 Å². The third kappa shape index (κ3) is 4.95. The van der Waals surface area contributed by atoms with Crippen molar-refractivity contribution in [3.63, 3.8) is 0 Å². The van der Waals surface area contributed by atoms with E-state index in [1.807, 2.05) is 6.07 Å². The first-order valence-corrected chi connectivity index (χ1v) is 13.1. The zero-order chi connectivity index (χ0) is 26.3. The van der Waals surface area contributed by atoms with Crippen LogP contribution in [0.3, 0.4) is 0 Å². The first-order valence-electron chi connectivity index (χ1n) is 12.3. The third-order valence-electron chi connectivity index (χ3n) is 6.61. The largest absolute Gasteiger partial charge is 0.454 e. The van der Waals surface area contributed by atoms with Gasteiger partial charge < -0.3 is 20.7 Å². The molecule has 6 rings (SSSR count). The van der Waals surface area contributed by atoms with Crippen LogP contribution in [0.4, 0.5) is 20.9 Å². The summed E-state index contributed by atoms with van der Waals surface area (Å²) in [7, 11) is 0. The van der Waals surface area contributed by atoms with Crippen molar-refractivity contribution in [1.82, 2.24) is 4.98 Å². The second kappa shape index (κ2) is 9.53. The van der Waals surface area contributed by atoms with Crippen molar-refractivity contribution in [3.05, 3.63) is 72.5 Å². The number of nitrogens with one attached hydrogen (secondary N) is 3. The molecule has 0 saturated heterocycles. The number of anilines is 3. The summed E-state index contributed by atoms with van der Waals surface area (Å²) in [4.78, 5) is 42.1. The number of hydrogen-bond acceptors (Lipinski definition) is 6. The lowest BCUT2D eigenvalue weighted by molar-refractivity contribution is -0.131. The van der Waals surface area contributed by atoms with Gasteiger partial charge >= 0.3 is 0 Å². The summed E-state index contributed by atoms with van der Waals surface area (Å²) in [5, 5.41) is 8.79. The number of halogens is 1. The van der Waals surface area contributed by atoms with Crippen LogP contribution in [0.5, 0.6) is 11.5 Å². The number of fused-ring (bicyclic) bond motifs is 1.